The average Bonchev–Trinajstić information content (AvgIpc) is 3.15. The molecule has 0 aliphatic rings. The maximum absolute atomic E-state index is 13.8. The van der Waals surface area contributed by atoms with Gasteiger partial charge in [-0.3, -0.25) is 14.4 Å². The van der Waals surface area contributed by atoms with Crippen molar-refractivity contribution in [1.29, 1.82) is 0 Å². The zero-order chi connectivity index (χ0) is 42.9. The molecule has 13 nitrogen and oxygen atoms in total. The lowest BCUT2D eigenvalue weighted by atomic mass is 10.1. The van der Waals surface area contributed by atoms with Gasteiger partial charge in [-0.15, -0.1) is 0 Å². The average molecular weight is 885 g/mol. The highest BCUT2D eigenvalue weighted by atomic mass is 35.5. The molecule has 0 aromatic heterocycles. The van der Waals surface area contributed by atoms with Crippen LogP contribution in [0.1, 0.15) is 48.7 Å². The Morgan fingerprint density at radius 1 is 0.897 bits per heavy atom. The second-order valence-electron chi connectivity index (χ2n) is 12.7. The summed E-state index contributed by atoms with van der Waals surface area (Å²) in [5.74, 6) is -2.87. The highest BCUT2D eigenvalue weighted by Crippen LogP contribution is 2.38. The van der Waals surface area contributed by atoms with E-state index < -0.39 is 51.1 Å². The Kier molecular flexibility index (Phi) is 15.7. The van der Waals surface area contributed by atoms with Crippen LogP contribution in [-0.2, 0) is 25.8 Å². The van der Waals surface area contributed by atoms with Gasteiger partial charge in [0, 0.05) is 23.9 Å². The molecule has 2 amide bonds. The van der Waals surface area contributed by atoms with Gasteiger partial charge in [0.05, 0.1) is 32.0 Å². The molecule has 0 saturated carbocycles. The van der Waals surface area contributed by atoms with E-state index in [1.54, 1.807) is 6.92 Å². The second-order valence-corrected chi connectivity index (χ2v) is 15.7. The maximum Gasteiger partial charge on any atom is 0.416 e. The molecular formula is C38H39Cl3F3N7O6S. The number of Topliss-reactive ketones (excluding diaryl/α,β-unsaturated/α-hetero) is 1. The minimum atomic E-state index is -4.82. The molecule has 5 N–H and O–H groups in total. The Balaban J connectivity index is 1.58. The molecule has 4 aromatic carbocycles. The molecule has 0 bridgehead atoms. The van der Waals surface area contributed by atoms with Gasteiger partial charge in [-0.2, -0.15) is 23.4 Å². The summed E-state index contributed by atoms with van der Waals surface area (Å²) in [5, 5.41) is 12.7. The third-order valence-corrected chi connectivity index (χ3v) is 11.1. The first-order chi connectivity index (χ1) is 27.2. The van der Waals surface area contributed by atoms with Gasteiger partial charge < -0.3 is 26.0 Å². The number of carbonyl (C=O) groups is 3. The van der Waals surface area contributed by atoms with Crippen molar-refractivity contribution in [3.05, 3.63) is 98.5 Å². The summed E-state index contributed by atoms with van der Waals surface area (Å²) < 4.78 is 76.1. The van der Waals surface area contributed by atoms with Crippen molar-refractivity contribution in [1.82, 2.24) is 9.62 Å². The minimum absolute atomic E-state index is 0.0425. The molecule has 0 aliphatic heterocycles. The van der Waals surface area contributed by atoms with Crippen molar-refractivity contribution in [2.45, 2.75) is 51.2 Å². The molecule has 20 heteroatoms. The number of halogens is 6. The van der Waals surface area contributed by atoms with E-state index in [9.17, 15) is 36.0 Å². The van der Waals surface area contributed by atoms with E-state index in [1.807, 2.05) is 13.8 Å². The van der Waals surface area contributed by atoms with Gasteiger partial charge in [0.2, 0.25) is 16.1 Å². The van der Waals surface area contributed by atoms with Gasteiger partial charge in [0.1, 0.15) is 16.3 Å². The molecule has 0 heterocycles. The third kappa shape index (κ3) is 12.1. The number of alkyl halides is 3. The standard InChI is InChI=1S/C38H39Cl3F3N7O6S/c1-5-51(6-2)15-7-14-46-58(55,56)34-19-25(10-12-27(34)40)57-33-13-9-24(38(42,43)44)18-32(33)48-36(53)23-8-11-26(39)31(17-23)49-50-35(22(4)52)37(54)47-30-20-28(41)29(45)16-21(30)3/h8-13,16-20,35,46H,5-7,14-15,45H2,1-4H3,(H,47,54)(H,48,53). The summed E-state index contributed by atoms with van der Waals surface area (Å²) in [4.78, 5) is 40.8. The fourth-order valence-corrected chi connectivity index (χ4v) is 7.21. The summed E-state index contributed by atoms with van der Waals surface area (Å²) in [7, 11) is -4.13. The van der Waals surface area contributed by atoms with E-state index in [1.165, 1.54) is 36.4 Å². The number of sulfonamides is 1. The Labute approximate surface area is 348 Å². The SMILES string of the molecule is CCN(CC)CCCNS(=O)(=O)c1cc(Oc2ccc(C(F)(F)F)cc2NC(=O)c2ccc(Cl)c(N=NC(C(C)=O)C(=O)Nc3cc(Cl)c(N)cc3C)c2)ccc1Cl. The molecule has 4 rings (SSSR count). The number of nitrogens with zero attached hydrogens (tertiary/aromatic N) is 3. The number of nitrogens with two attached hydrogens (primary N) is 1. The lowest BCUT2D eigenvalue weighted by molar-refractivity contribution is -0.137. The number of aryl methyl sites for hydroxylation is 1. The molecule has 58 heavy (non-hydrogen) atoms. The largest absolute Gasteiger partial charge is 0.455 e. The maximum atomic E-state index is 13.8. The van der Waals surface area contributed by atoms with Gasteiger partial charge >= 0.3 is 6.18 Å². The van der Waals surface area contributed by atoms with Gasteiger partial charge in [0.15, 0.2) is 11.5 Å². The van der Waals surface area contributed by atoms with Crippen LogP contribution in [0.15, 0.2) is 81.9 Å². The third-order valence-electron chi connectivity index (χ3n) is 8.54. The molecular weight excluding hydrogens is 846 g/mol. The Hall–Kier alpha value is -4.78. The molecule has 310 valence electrons. The number of nitrogen functional groups attached to an aromatic ring is 1. The molecule has 0 radical (unpaired) electrons. The number of benzene rings is 4. The first-order valence-corrected chi connectivity index (χ1v) is 20.1. The molecule has 0 spiro atoms. The van der Waals surface area contributed by atoms with Crippen molar-refractivity contribution in [2.24, 2.45) is 10.2 Å². The number of ether oxygens (including phenoxy) is 1. The number of rotatable bonds is 17. The topological polar surface area (TPSA) is 185 Å². The number of amides is 2. The number of ketones is 1. The number of nitrogens with one attached hydrogen (secondary N) is 3. The van der Waals surface area contributed by atoms with Crippen LogP contribution in [0.5, 0.6) is 11.5 Å². The van der Waals surface area contributed by atoms with Crippen molar-refractivity contribution < 1.29 is 40.7 Å². The van der Waals surface area contributed by atoms with Crippen LogP contribution in [0.2, 0.25) is 15.1 Å². The van der Waals surface area contributed by atoms with Gasteiger partial charge in [-0.25, -0.2) is 13.1 Å². The van der Waals surface area contributed by atoms with Gasteiger partial charge in [0.25, 0.3) is 11.8 Å². The monoisotopic (exact) mass is 883 g/mol. The summed E-state index contributed by atoms with van der Waals surface area (Å²) in [6.07, 6.45) is -4.29. The molecule has 0 saturated heterocycles. The van der Waals surface area contributed by atoms with Crippen LogP contribution in [0.25, 0.3) is 0 Å². The van der Waals surface area contributed by atoms with Gasteiger partial charge in [-0.05, 0) is 106 Å². The smallest absolute Gasteiger partial charge is 0.416 e. The number of anilines is 3. The second kappa shape index (κ2) is 19.8. The van der Waals surface area contributed by atoms with Crippen LogP contribution >= 0.6 is 34.8 Å². The lowest BCUT2D eigenvalue weighted by Gasteiger charge is -2.18. The Morgan fingerprint density at radius 3 is 2.24 bits per heavy atom. The number of hydrogen-bond acceptors (Lipinski definition) is 10. The normalized spacial score (nSPS) is 12.5. The molecule has 4 aromatic rings. The number of azo groups is 1. The lowest BCUT2D eigenvalue weighted by Crippen LogP contribution is -2.32. The van der Waals surface area contributed by atoms with Crippen LogP contribution in [0, 0.1) is 6.92 Å². The predicted octanol–water partition coefficient (Wildman–Crippen LogP) is 9.29. The molecule has 0 fully saturated rings. The number of hydrogen-bond donors (Lipinski definition) is 4. The number of carbonyl (C=O) groups excluding carboxylic acids is 3. The van der Waals surface area contributed by atoms with Crippen molar-refractivity contribution in [2.75, 3.05) is 42.5 Å². The highest BCUT2D eigenvalue weighted by Gasteiger charge is 2.32. The van der Waals surface area contributed by atoms with Gasteiger partial charge in [-0.1, -0.05) is 48.7 Å². The fourth-order valence-electron chi connectivity index (χ4n) is 5.30. The van der Waals surface area contributed by atoms with E-state index in [0.717, 1.165) is 44.3 Å². The summed E-state index contributed by atoms with van der Waals surface area (Å²) in [6.45, 7) is 9.16. The Morgan fingerprint density at radius 2 is 1.59 bits per heavy atom. The molecule has 0 aliphatic carbocycles. The van der Waals surface area contributed by atoms with Crippen LogP contribution in [-0.4, -0.2) is 63.1 Å². The fraction of sp³-hybridized carbons (Fsp3) is 0.289. The van der Waals surface area contributed by atoms with Crippen LogP contribution in [0.3, 0.4) is 0 Å². The molecule has 1 unspecified atom stereocenters. The van der Waals surface area contributed by atoms with E-state index >= 15 is 0 Å². The zero-order valence-electron chi connectivity index (χ0n) is 31.5. The molecule has 1 atom stereocenters. The minimum Gasteiger partial charge on any atom is -0.455 e. The Bertz CT molecular complexity index is 2330. The van der Waals surface area contributed by atoms with E-state index in [2.05, 4.69) is 30.5 Å². The van der Waals surface area contributed by atoms with E-state index in [4.69, 9.17) is 45.3 Å². The summed E-state index contributed by atoms with van der Waals surface area (Å²) >= 11 is 18.6. The first kappa shape index (κ1) is 45.9. The highest BCUT2D eigenvalue weighted by molar-refractivity contribution is 7.89. The predicted molar refractivity (Wildman–Crippen MR) is 218 cm³/mol. The van der Waals surface area contributed by atoms with Crippen molar-refractivity contribution in [3.8, 4) is 11.5 Å². The quantitative estimate of drug-likeness (QED) is 0.0350. The van der Waals surface area contributed by atoms with Crippen LogP contribution in [0.4, 0.5) is 35.9 Å². The summed E-state index contributed by atoms with van der Waals surface area (Å²) in [6, 6.07) is 10.9. The van der Waals surface area contributed by atoms with Crippen molar-refractivity contribution >= 4 is 85.2 Å². The first-order valence-electron chi connectivity index (χ1n) is 17.5. The van der Waals surface area contributed by atoms with Crippen molar-refractivity contribution in [3.63, 3.8) is 0 Å². The van der Waals surface area contributed by atoms with Crippen LogP contribution < -0.4 is 25.8 Å². The summed E-state index contributed by atoms with van der Waals surface area (Å²) in [5.41, 5.74) is 5.03. The zero-order valence-corrected chi connectivity index (χ0v) is 34.6. The van der Waals surface area contributed by atoms with E-state index in [-0.39, 0.29) is 60.6 Å². The van der Waals surface area contributed by atoms with E-state index in [0.29, 0.717) is 24.6 Å².